The number of rotatable bonds is 3. The predicted octanol–water partition coefficient (Wildman–Crippen LogP) is 4.07. The van der Waals surface area contributed by atoms with E-state index in [-0.39, 0.29) is 16.1 Å². The van der Waals surface area contributed by atoms with Crippen molar-refractivity contribution in [2.24, 2.45) is 0 Å². The van der Waals surface area contributed by atoms with E-state index in [9.17, 15) is 9.90 Å². The average molecular weight is 352 g/mol. The molecule has 0 saturated carbocycles. The maximum atomic E-state index is 12.0. The van der Waals surface area contributed by atoms with Crippen LogP contribution in [0.3, 0.4) is 0 Å². The normalized spacial score (nSPS) is 10.5. The van der Waals surface area contributed by atoms with Gasteiger partial charge in [-0.15, -0.1) is 0 Å². The molecule has 0 fully saturated rings. The molecule has 0 spiro atoms. The van der Waals surface area contributed by atoms with E-state index in [0.29, 0.717) is 11.5 Å². The van der Waals surface area contributed by atoms with E-state index in [4.69, 9.17) is 17.0 Å². The fourth-order valence-corrected chi connectivity index (χ4v) is 2.77. The molecule has 3 rings (SSSR count). The lowest BCUT2D eigenvalue weighted by molar-refractivity contribution is 0.0594. The number of esters is 1. The van der Waals surface area contributed by atoms with Gasteiger partial charge in [0.2, 0.25) is 5.88 Å². The van der Waals surface area contributed by atoms with Crippen LogP contribution in [0, 0.1) is 11.6 Å². The Bertz CT molecular complexity index is 980. The van der Waals surface area contributed by atoms with Gasteiger partial charge in [0, 0.05) is 5.56 Å². The number of aryl methyl sites for hydroxylation is 1. The molecule has 126 valence electrons. The maximum Gasteiger partial charge on any atom is 0.346 e. The molecule has 0 saturated heterocycles. The van der Waals surface area contributed by atoms with Gasteiger partial charge < -0.3 is 9.84 Å². The Balaban J connectivity index is 2.37. The molecule has 0 radical (unpaired) electrons. The second-order valence-electron chi connectivity index (χ2n) is 5.47. The minimum absolute atomic E-state index is 0.00781. The van der Waals surface area contributed by atoms with Crippen molar-refractivity contribution in [1.29, 1.82) is 0 Å². The fraction of sp³-hybridized carbons (Fsp3) is 0.105. The fourth-order valence-electron chi connectivity index (χ4n) is 2.51. The van der Waals surface area contributed by atoms with Crippen LogP contribution in [-0.4, -0.2) is 27.7 Å². The van der Waals surface area contributed by atoms with Gasteiger partial charge in [0.1, 0.15) is 10.5 Å². The van der Waals surface area contributed by atoms with Crippen LogP contribution in [0.2, 0.25) is 0 Å². The number of aromatic nitrogens is 2. The highest BCUT2D eigenvalue weighted by Gasteiger charge is 2.22. The SMILES string of the molecule is COC(=O)c1c(O)n(-c2ccc(C)cc2)c(-c2ccccc2)nc1=S. The van der Waals surface area contributed by atoms with E-state index in [0.717, 1.165) is 11.1 Å². The molecule has 1 heterocycles. The summed E-state index contributed by atoms with van der Waals surface area (Å²) in [5.74, 6) is -0.579. The Morgan fingerprint density at radius 3 is 2.36 bits per heavy atom. The first-order valence-corrected chi connectivity index (χ1v) is 8.00. The number of aromatic hydroxyl groups is 1. The summed E-state index contributed by atoms with van der Waals surface area (Å²) < 4.78 is 6.22. The number of carbonyl (C=O) groups is 1. The summed E-state index contributed by atoms with van der Waals surface area (Å²) in [5, 5.41) is 10.8. The van der Waals surface area contributed by atoms with Crippen LogP contribution >= 0.6 is 12.2 Å². The summed E-state index contributed by atoms with van der Waals surface area (Å²) in [6.45, 7) is 1.97. The van der Waals surface area contributed by atoms with Crippen LogP contribution < -0.4 is 0 Å². The summed E-state index contributed by atoms with van der Waals surface area (Å²) in [7, 11) is 1.23. The Morgan fingerprint density at radius 1 is 1.12 bits per heavy atom. The van der Waals surface area contributed by atoms with Gasteiger partial charge >= 0.3 is 5.97 Å². The molecule has 0 unspecified atom stereocenters. The van der Waals surface area contributed by atoms with Crippen molar-refractivity contribution >= 4 is 18.2 Å². The second-order valence-corrected chi connectivity index (χ2v) is 5.85. The number of methoxy groups -OCH3 is 1. The van der Waals surface area contributed by atoms with Gasteiger partial charge in [-0.1, -0.05) is 60.2 Å². The molecule has 1 N–H and O–H groups in total. The topological polar surface area (TPSA) is 64.3 Å². The van der Waals surface area contributed by atoms with Crippen molar-refractivity contribution in [3.05, 3.63) is 70.4 Å². The Hall–Kier alpha value is -2.99. The van der Waals surface area contributed by atoms with Crippen LogP contribution in [0.5, 0.6) is 5.88 Å². The first-order chi connectivity index (χ1) is 12.0. The Kier molecular flexibility index (Phi) is 4.63. The molecule has 1 aromatic heterocycles. The third-order valence-corrected chi connectivity index (χ3v) is 4.08. The molecule has 3 aromatic rings. The zero-order valence-electron chi connectivity index (χ0n) is 13.8. The third-order valence-electron chi connectivity index (χ3n) is 3.78. The lowest BCUT2D eigenvalue weighted by atomic mass is 10.1. The average Bonchev–Trinajstić information content (AvgIpc) is 2.63. The summed E-state index contributed by atoms with van der Waals surface area (Å²) in [6, 6.07) is 16.8. The zero-order valence-corrected chi connectivity index (χ0v) is 14.6. The summed E-state index contributed by atoms with van der Waals surface area (Å²) in [6.07, 6.45) is 0. The Morgan fingerprint density at radius 2 is 1.76 bits per heavy atom. The Labute approximate surface area is 150 Å². The molecule has 0 aliphatic carbocycles. The number of carbonyl (C=O) groups excluding carboxylic acids is 1. The van der Waals surface area contributed by atoms with Crippen LogP contribution in [0.4, 0.5) is 0 Å². The second kappa shape index (κ2) is 6.86. The molecule has 0 bridgehead atoms. The summed E-state index contributed by atoms with van der Waals surface area (Å²) in [4.78, 5) is 16.4. The van der Waals surface area contributed by atoms with Crippen molar-refractivity contribution in [1.82, 2.24) is 9.55 Å². The van der Waals surface area contributed by atoms with Crippen LogP contribution in [0.15, 0.2) is 54.6 Å². The van der Waals surface area contributed by atoms with E-state index in [1.165, 1.54) is 11.7 Å². The predicted molar refractivity (Wildman–Crippen MR) is 97.6 cm³/mol. The quantitative estimate of drug-likeness (QED) is 0.569. The van der Waals surface area contributed by atoms with E-state index < -0.39 is 5.97 Å². The molecular weight excluding hydrogens is 336 g/mol. The van der Waals surface area contributed by atoms with Gasteiger partial charge in [0.25, 0.3) is 0 Å². The minimum atomic E-state index is -0.726. The van der Waals surface area contributed by atoms with Gasteiger partial charge in [-0.25, -0.2) is 9.78 Å². The molecule has 0 aliphatic heterocycles. The number of hydrogen-bond acceptors (Lipinski definition) is 5. The highest BCUT2D eigenvalue weighted by molar-refractivity contribution is 7.71. The van der Waals surface area contributed by atoms with E-state index in [2.05, 4.69) is 4.98 Å². The lowest BCUT2D eigenvalue weighted by Crippen LogP contribution is -2.12. The summed E-state index contributed by atoms with van der Waals surface area (Å²) >= 11 is 5.21. The van der Waals surface area contributed by atoms with Crippen molar-refractivity contribution in [3.8, 4) is 23.0 Å². The number of nitrogens with zero attached hydrogens (tertiary/aromatic N) is 2. The van der Waals surface area contributed by atoms with Crippen molar-refractivity contribution < 1.29 is 14.6 Å². The molecule has 25 heavy (non-hydrogen) atoms. The molecule has 0 aliphatic rings. The molecule has 6 heteroatoms. The van der Waals surface area contributed by atoms with E-state index >= 15 is 0 Å². The van der Waals surface area contributed by atoms with Crippen molar-refractivity contribution in [3.63, 3.8) is 0 Å². The smallest absolute Gasteiger partial charge is 0.346 e. The van der Waals surface area contributed by atoms with Gasteiger partial charge in [-0.2, -0.15) is 0 Å². The third kappa shape index (κ3) is 3.16. The lowest BCUT2D eigenvalue weighted by Gasteiger charge is -2.17. The standard InChI is InChI=1S/C19H16N2O3S/c1-12-8-10-14(11-9-12)21-16(13-6-4-3-5-7-13)20-17(25)15(18(21)22)19(23)24-2/h3-11,22H,1-2H3. The maximum absolute atomic E-state index is 12.0. The highest BCUT2D eigenvalue weighted by atomic mass is 32.1. The highest BCUT2D eigenvalue weighted by Crippen LogP contribution is 2.30. The van der Waals surface area contributed by atoms with Gasteiger partial charge in [-0.05, 0) is 19.1 Å². The zero-order chi connectivity index (χ0) is 18.0. The minimum Gasteiger partial charge on any atom is -0.493 e. The molecule has 5 nitrogen and oxygen atoms in total. The largest absolute Gasteiger partial charge is 0.493 e. The van der Waals surface area contributed by atoms with Crippen LogP contribution in [-0.2, 0) is 4.74 Å². The van der Waals surface area contributed by atoms with Gasteiger partial charge in [-0.3, -0.25) is 4.57 Å². The molecule has 2 aromatic carbocycles. The van der Waals surface area contributed by atoms with Crippen molar-refractivity contribution in [2.75, 3.05) is 7.11 Å². The number of hydrogen-bond donors (Lipinski definition) is 1. The number of ether oxygens (including phenoxy) is 1. The molecule has 0 amide bonds. The van der Waals surface area contributed by atoms with E-state index in [1.54, 1.807) is 0 Å². The van der Waals surface area contributed by atoms with Gasteiger partial charge in [0.05, 0.1) is 12.8 Å². The van der Waals surface area contributed by atoms with Gasteiger partial charge in [0.15, 0.2) is 5.56 Å². The number of benzene rings is 2. The monoisotopic (exact) mass is 352 g/mol. The van der Waals surface area contributed by atoms with Crippen molar-refractivity contribution in [2.45, 2.75) is 6.92 Å². The summed E-state index contributed by atoms with van der Waals surface area (Å²) in [5.41, 5.74) is 2.37. The van der Waals surface area contributed by atoms with Crippen LogP contribution in [0.25, 0.3) is 17.1 Å². The van der Waals surface area contributed by atoms with E-state index in [1.807, 2.05) is 61.5 Å². The van der Waals surface area contributed by atoms with Crippen LogP contribution in [0.1, 0.15) is 15.9 Å². The first kappa shape index (κ1) is 16.9. The first-order valence-electron chi connectivity index (χ1n) is 7.59. The molecule has 0 atom stereocenters. The molecular formula is C19H16N2O3S.